The molecule has 0 radical (unpaired) electrons. The lowest BCUT2D eigenvalue weighted by Gasteiger charge is -2.40. The van der Waals surface area contributed by atoms with Crippen LogP contribution in [0.4, 0.5) is 13.2 Å². The van der Waals surface area contributed by atoms with Crippen molar-refractivity contribution in [3.63, 3.8) is 0 Å². The van der Waals surface area contributed by atoms with E-state index in [-0.39, 0.29) is 24.9 Å². The number of nitrogens with two attached hydrogens (primary N) is 1. The molecule has 2 rings (SSSR count). The van der Waals surface area contributed by atoms with E-state index in [1.165, 1.54) is 0 Å². The average molecular weight is 286 g/mol. The number of hydrogen-bond donors (Lipinski definition) is 1. The molecule has 1 aliphatic rings. The quantitative estimate of drug-likeness (QED) is 0.923. The lowest BCUT2D eigenvalue weighted by atomic mass is 9.92. The van der Waals surface area contributed by atoms with Crippen LogP contribution in [0, 0.1) is 5.92 Å². The summed E-state index contributed by atoms with van der Waals surface area (Å²) >= 11 is 0. The summed E-state index contributed by atoms with van der Waals surface area (Å²) < 4.78 is 38.1. The molecule has 0 spiro atoms. The summed E-state index contributed by atoms with van der Waals surface area (Å²) in [6.07, 6.45) is -3.73. The van der Waals surface area contributed by atoms with Gasteiger partial charge in [0.1, 0.15) is 0 Å². The van der Waals surface area contributed by atoms with Gasteiger partial charge in [-0.25, -0.2) is 0 Å². The molecule has 1 aliphatic heterocycles. The minimum Gasteiger partial charge on any atom is -0.326 e. The Hall–Kier alpha value is -1.07. The normalized spacial score (nSPS) is 21.6. The maximum absolute atomic E-state index is 12.7. The second-order valence-electron chi connectivity index (χ2n) is 5.57. The van der Waals surface area contributed by atoms with Gasteiger partial charge in [-0.2, -0.15) is 13.2 Å². The predicted molar refractivity (Wildman–Crippen MR) is 73.2 cm³/mol. The minimum absolute atomic E-state index is 0.00890. The van der Waals surface area contributed by atoms with Gasteiger partial charge >= 0.3 is 6.18 Å². The van der Waals surface area contributed by atoms with Crippen LogP contribution >= 0.6 is 0 Å². The Morgan fingerprint density at radius 1 is 1.15 bits per heavy atom. The van der Waals surface area contributed by atoms with Crippen molar-refractivity contribution >= 4 is 0 Å². The third kappa shape index (κ3) is 3.52. The summed E-state index contributed by atoms with van der Waals surface area (Å²) in [5.74, 6) is -1.16. The molecule has 112 valence electrons. The molecule has 0 saturated carbocycles. The van der Waals surface area contributed by atoms with Crippen molar-refractivity contribution in [2.75, 3.05) is 13.1 Å². The number of benzene rings is 1. The van der Waals surface area contributed by atoms with E-state index in [2.05, 4.69) is 4.90 Å². The van der Waals surface area contributed by atoms with Crippen molar-refractivity contribution in [3.8, 4) is 0 Å². The number of hydrogen-bond acceptors (Lipinski definition) is 2. The lowest BCUT2D eigenvalue weighted by molar-refractivity contribution is -0.186. The SMILES string of the molecule is CC(N)C(c1ccccc1)N1CCC(C(F)(F)F)CC1. The number of rotatable bonds is 3. The van der Waals surface area contributed by atoms with Gasteiger partial charge in [0.25, 0.3) is 0 Å². The molecule has 20 heavy (non-hydrogen) atoms. The summed E-state index contributed by atoms with van der Waals surface area (Å²) in [5, 5.41) is 0. The molecule has 2 unspecified atom stereocenters. The van der Waals surface area contributed by atoms with Gasteiger partial charge in [-0.15, -0.1) is 0 Å². The fraction of sp³-hybridized carbons (Fsp3) is 0.600. The largest absolute Gasteiger partial charge is 0.391 e. The molecular weight excluding hydrogens is 265 g/mol. The van der Waals surface area contributed by atoms with Crippen LogP contribution in [0.1, 0.15) is 31.4 Å². The highest BCUT2D eigenvalue weighted by Gasteiger charge is 2.42. The van der Waals surface area contributed by atoms with Gasteiger partial charge < -0.3 is 5.73 Å². The van der Waals surface area contributed by atoms with Crippen molar-refractivity contribution in [1.29, 1.82) is 0 Å². The molecule has 1 fully saturated rings. The standard InChI is InChI=1S/C15H21F3N2/c1-11(19)14(12-5-3-2-4-6-12)20-9-7-13(8-10-20)15(16,17)18/h2-6,11,13-14H,7-10,19H2,1H3. The van der Waals surface area contributed by atoms with Crippen molar-refractivity contribution in [1.82, 2.24) is 4.90 Å². The maximum Gasteiger partial charge on any atom is 0.391 e. The molecular formula is C15H21F3N2. The van der Waals surface area contributed by atoms with Gasteiger partial charge in [-0.1, -0.05) is 30.3 Å². The molecule has 5 heteroatoms. The van der Waals surface area contributed by atoms with Crippen LogP contribution in [0.3, 0.4) is 0 Å². The molecule has 1 aromatic rings. The Morgan fingerprint density at radius 2 is 1.70 bits per heavy atom. The van der Waals surface area contributed by atoms with Crippen LogP contribution in [0.2, 0.25) is 0 Å². The molecule has 0 bridgehead atoms. The molecule has 1 aromatic carbocycles. The second kappa shape index (κ2) is 6.14. The van der Waals surface area contributed by atoms with Gasteiger partial charge in [0.05, 0.1) is 5.92 Å². The monoisotopic (exact) mass is 286 g/mol. The van der Waals surface area contributed by atoms with E-state index >= 15 is 0 Å². The van der Waals surface area contributed by atoms with Crippen LogP contribution in [0.5, 0.6) is 0 Å². The smallest absolute Gasteiger partial charge is 0.326 e. The first-order valence-electron chi connectivity index (χ1n) is 7.01. The summed E-state index contributed by atoms with van der Waals surface area (Å²) in [4.78, 5) is 2.09. The van der Waals surface area contributed by atoms with Crippen LogP contribution in [-0.4, -0.2) is 30.2 Å². The van der Waals surface area contributed by atoms with Crippen LogP contribution < -0.4 is 5.73 Å². The van der Waals surface area contributed by atoms with E-state index in [9.17, 15) is 13.2 Å². The van der Waals surface area contributed by atoms with Crippen molar-refractivity contribution in [3.05, 3.63) is 35.9 Å². The van der Waals surface area contributed by atoms with E-state index in [0.717, 1.165) is 5.56 Å². The zero-order valence-corrected chi connectivity index (χ0v) is 11.6. The molecule has 2 atom stereocenters. The van der Waals surface area contributed by atoms with Crippen LogP contribution in [0.25, 0.3) is 0 Å². The predicted octanol–water partition coefficient (Wildman–Crippen LogP) is 3.35. The van der Waals surface area contributed by atoms with E-state index in [4.69, 9.17) is 5.73 Å². The van der Waals surface area contributed by atoms with Gasteiger partial charge in [0.2, 0.25) is 0 Å². The van der Waals surface area contributed by atoms with Gasteiger partial charge in [-0.05, 0) is 38.4 Å². The van der Waals surface area contributed by atoms with E-state index in [0.29, 0.717) is 13.1 Å². The van der Waals surface area contributed by atoms with Crippen molar-refractivity contribution in [2.45, 2.75) is 38.0 Å². The Morgan fingerprint density at radius 3 is 2.15 bits per heavy atom. The number of nitrogens with zero attached hydrogens (tertiary/aromatic N) is 1. The van der Waals surface area contributed by atoms with E-state index in [1.807, 2.05) is 37.3 Å². The Balaban J connectivity index is 2.07. The molecule has 2 N–H and O–H groups in total. The number of halogens is 3. The number of piperidine rings is 1. The molecule has 1 heterocycles. The molecule has 0 aliphatic carbocycles. The Labute approximate surface area is 117 Å². The number of alkyl halides is 3. The average Bonchev–Trinajstić information content (AvgIpc) is 2.39. The first-order valence-corrected chi connectivity index (χ1v) is 7.01. The Bertz CT molecular complexity index is 409. The van der Waals surface area contributed by atoms with Gasteiger partial charge in [0.15, 0.2) is 0 Å². The molecule has 2 nitrogen and oxygen atoms in total. The fourth-order valence-corrected chi connectivity index (χ4v) is 3.00. The number of likely N-dealkylation sites (tertiary alicyclic amines) is 1. The first kappa shape index (κ1) is 15.3. The highest BCUT2D eigenvalue weighted by molar-refractivity contribution is 5.20. The van der Waals surface area contributed by atoms with E-state index < -0.39 is 12.1 Å². The summed E-state index contributed by atoms with van der Waals surface area (Å²) in [7, 11) is 0. The molecule has 1 saturated heterocycles. The highest BCUT2D eigenvalue weighted by Crippen LogP contribution is 2.36. The van der Waals surface area contributed by atoms with Crippen LogP contribution in [-0.2, 0) is 0 Å². The minimum atomic E-state index is -4.07. The zero-order chi connectivity index (χ0) is 14.8. The van der Waals surface area contributed by atoms with E-state index in [1.54, 1.807) is 0 Å². The van der Waals surface area contributed by atoms with Crippen molar-refractivity contribution < 1.29 is 13.2 Å². The topological polar surface area (TPSA) is 29.3 Å². The summed E-state index contributed by atoms with van der Waals surface area (Å²) in [6, 6.07) is 9.66. The third-order valence-corrected chi connectivity index (χ3v) is 4.02. The summed E-state index contributed by atoms with van der Waals surface area (Å²) in [5.41, 5.74) is 7.13. The van der Waals surface area contributed by atoms with Crippen LogP contribution in [0.15, 0.2) is 30.3 Å². The first-order chi connectivity index (χ1) is 9.39. The zero-order valence-electron chi connectivity index (χ0n) is 11.6. The third-order valence-electron chi connectivity index (χ3n) is 4.02. The van der Waals surface area contributed by atoms with Gasteiger partial charge in [0, 0.05) is 12.1 Å². The molecule has 0 amide bonds. The second-order valence-corrected chi connectivity index (χ2v) is 5.57. The highest BCUT2D eigenvalue weighted by atomic mass is 19.4. The fourth-order valence-electron chi connectivity index (χ4n) is 3.00. The van der Waals surface area contributed by atoms with Crippen molar-refractivity contribution in [2.24, 2.45) is 11.7 Å². The van der Waals surface area contributed by atoms with Gasteiger partial charge in [-0.3, -0.25) is 4.90 Å². The summed E-state index contributed by atoms with van der Waals surface area (Å²) in [6.45, 7) is 2.81. The Kier molecular flexibility index (Phi) is 4.70. The maximum atomic E-state index is 12.7. The lowest BCUT2D eigenvalue weighted by Crippen LogP contribution is -2.45. The molecule has 0 aromatic heterocycles.